The Kier molecular flexibility index (Phi) is 3.35. The molecule has 2 aromatic carbocycles. The highest BCUT2D eigenvalue weighted by atomic mass is 16.3. The lowest BCUT2D eigenvalue weighted by Crippen LogP contribution is -1.94. The number of aromatic nitrogens is 4. The van der Waals surface area contributed by atoms with Crippen molar-refractivity contribution in [2.24, 2.45) is 0 Å². The van der Waals surface area contributed by atoms with E-state index in [4.69, 9.17) is 9.52 Å². The molecule has 5 nitrogen and oxygen atoms in total. The summed E-state index contributed by atoms with van der Waals surface area (Å²) in [6.07, 6.45) is 3.61. The molecule has 0 atom stereocenters. The average Bonchev–Trinajstić information content (AvgIpc) is 3.39. The minimum Gasteiger partial charge on any atom is -0.463 e. The van der Waals surface area contributed by atoms with Crippen molar-refractivity contribution in [1.29, 1.82) is 0 Å². The van der Waals surface area contributed by atoms with Crippen LogP contribution in [0.3, 0.4) is 0 Å². The van der Waals surface area contributed by atoms with Gasteiger partial charge in [-0.15, -0.1) is 10.2 Å². The quantitative estimate of drug-likeness (QED) is 0.477. The number of furan rings is 1. The highest BCUT2D eigenvalue weighted by Crippen LogP contribution is 2.32. The number of nitrogens with zero attached hydrogens (tertiary/aromatic N) is 4. The van der Waals surface area contributed by atoms with Crippen LogP contribution in [0.1, 0.15) is 0 Å². The Hall–Kier alpha value is -3.73. The van der Waals surface area contributed by atoms with Gasteiger partial charge in [-0.1, -0.05) is 48.5 Å². The number of hydrogen-bond acceptors (Lipinski definition) is 4. The smallest absolute Gasteiger partial charge is 0.154 e. The van der Waals surface area contributed by atoms with Gasteiger partial charge in [0.15, 0.2) is 5.76 Å². The third-order valence-electron chi connectivity index (χ3n) is 4.27. The van der Waals surface area contributed by atoms with E-state index in [-0.39, 0.29) is 0 Å². The van der Waals surface area contributed by atoms with E-state index in [0.717, 1.165) is 27.8 Å². The summed E-state index contributed by atoms with van der Waals surface area (Å²) < 4.78 is 7.40. The molecule has 3 aromatic heterocycles. The van der Waals surface area contributed by atoms with E-state index in [1.165, 1.54) is 0 Å². The summed E-state index contributed by atoms with van der Waals surface area (Å²) in [6, 6.07) is 23.7. The van der Waals surface area contributed by atoms with Gasteiger partial charge in [-0.25, -0.2) is 4.68 Å². The van der Waals surface area contributed by atoms with Gasteiger partial charge >= 0.3 is 0 Å². The second kappa shape index (κ2) is 5.97. The van der Waals surface area contributed by atoms with Crippen molar-refractivity contribution in [2.45, 2.75) is 0 Å². The summed E-state index contributed by atoms with van der Waals surface area (Å²) in [5.74, 6) is 0.676. The van der Waals surface area contributed by atoms with E-state index in [2.05, 4.69) is 10.2 Å². The molecule has 5 rings (SSSR count). The van der Waals surface area contributed by atoms with Crippen LogP contribution >= 0.6 is 0 Å². The van der Waals surface area contributed by atoms with Crippen LogP contribution in [-0.2, 0) is 0 Å². The summed E-state index contributed by atoms with van der Waals surface area (Å²) >= 11 is 0. The predicted octanol–water partition coefficient (Wildman–Crippen LogP) is 4.74. The van der Waals surface area contributed by atoms with Gasteiger partial charge in [0.25, 0.3) is 0 Å². The molecule has 3 heterocycles. The molecular formula is C21H14N4O. The lowest BCUT2D eigenvalue weighted by molar-refractivity contribution is 0.579. The highest BCUT2D eigenvalue weighted by molar-refractivity contribution is 5.98. The maximum atomic E-state index is 5.55. The van der Waals surface area contributed by atoms with Crippen molar-refractivity contribution >= 4 is 10.9 Å². The zero-order valence-electron chi connectivity index (χ0n) is 13.8. The zero-order valence-corrected chi connectivity index (χ0v) is 13.8. The molecule has 0 fully saturated rings. The minimum atomic E-state index is 0.676. The Morgan fingerprint density at radius 1 is 0.731 bits per heavy atom. The first kappa shape index (κ1) is 14.6. The van der Waals surface area contributed by atoms with Crippen LogP contribution in [0.5, 0.6) is 0 Å². The molecule has 0 aliphatic carbocycles. The van der Waals surface area contributed by atoms with E-state index in [0.29, 0.717) is 11.5 Å². The van der Waals surface area contributed by atoms with Crippen molar-refractivity contribution in [2.75, 3.05) is 0 Å². The Morgan fingerprint density at radius 2 is 1.46 bits per heavy atom. The second-order valence-corrected chi connectivity index (χ2v) is 5.91. The molecule has 0 bridgehead atoms. The number of fused-ring (bicyclic) bond motifs is 1. The van der Waals surface area contributed by atoms with Gasteiger partial charge in [0.1, 0.15) is 16.9 Å². The second-order valence-electron chi connectivity index (χ2n) is 5.91. The summed E-state index contributed by atoms with van der Waals surface area (Å²) in [5.41, 5.74) is 4.20. The summed E-state index contributed by atoms with van der Waals surface area (Å²) in [6.45, 7) is 0. The van der Waals surface area contributed by atoms with Crippen molar-refractivity contribution < 1.29 is 4.42 Å². The first-order chi connectivity index (χ1) is 12.9. The SMILES string of the molecule is c1ccc(-c2nnc(-c3ccco3)c3cn(-c4ccccc4)nc23)cc1. The molecule has 0 aliphatic heterocycles. The van der Waals surface area contributed by atoms with Crippen molar-refractivity contribution in [3.8, 4) is 28.4 Å². The summed E-state index contributed by atoms with van der Waals surface area (Å²) in [7, 11) is 0. The van der Waals surface area contributed by atoms with Gasteiger partial charge in [-0.05, 0) is 24.3 Å². The van der Waals surface area contributed by atoms with E-state index in [1.807, 2.05) is 83.7 Å². The molecule has 0 unspecified atom stereocenters. The predicted molar refractivity (Wildman–Crippen MR) is 99.8 cm³/mol. The van der Waals surface area contributed by atoms with Gasteiger partial charge in [-0.3, -0.25) is 0 Å². The first-order valence-electron chi connectivity index (χ1n) is 8.31. The number of hydrogen-bond donors (Lipinski definition) is 0. The standard InChI is InChI=1S/C21H14N4O/c1-3-8-15(9-4-1)19-21-17(20(23-22-19)18-12-7-13-26-18)14-25(24-21)16-10-5-2-6-11-16/h1-14H. The maximum Gasteiger partial charge on any atom is 0.154 e. The van der Waals surface area contributed by atoms with Gasteiger partial charge in [-0.2, -0.15) is 5.10 Å². The first-order valence-corrected chi connectivity index (χ1v) is 8.31. The molecule has 124 valence electrons. The molecule has 26 heavy (non-hydrogen) atoms. The van der Waals surface area contributed by atoms with Crippen LogP contribution in [0.25, 0.3) is 39.3 Å². The topological polar surface area (TPSA) is 56.7 Å². The molecule has 0 spiro atoms. The van der Waals surface area contributed by atoms with Crippen LogP contribution in [0.2, 0.25) is 0 Å². The van der Waals surface area contributed by atoms with Gasteiger partial charge in [0, 0.05) is 11.8 Å². The van der Waals surface area contributed by atoms with Crippen LogP contribution in [0.4, 0.5) is 0 Å². The molecule has 0 saturated carbocycles. The van der Waals surface area contributed by atoms with E-state index in [9.17, 15) is 0 Å². The number of para-hydroxylation sites is 1. The normalized spacial score (nSPS) is 11.1. The molecule has 0 amide bonds. The molecule has 5 aromatic rings. The van der Waals surface area contributed by atoms with Crippen molar-refractivity contribution in [1.82, 2.24) is 20.0 Å². The molecule has 0 N–H and O–H groups in total. The largest absolute Gasteiger partial charge is 0.463 e. The summed E-state index contributed by atoms with van der Waals surface area (Å²) in [5, 5.41) is 14.6. The Balaban J connectivity index is 1.80. The zero-order chi connectivity index (χ0) is 17.3. The third-order valence-corrected chi connectivity index (χ3v) is 4.27. The van der Waals surface area contributed by atoms with Crippen LogP contribution in [-0.4, -0.2) is 20.0 Å². The van der Waals surface area contributed by atoms with E-state index < -0.39 is 0 Å². The van der Waals surface area contributed by atoms with Crippen LogP contribution in [0, 0.1) is 0 Å². The van der Waals surface area contributed by atoms with Crippen molar-refractivity contribution in [3.05, 3.63) is 85.3 Å². The van der Waals surface area contributed by atoms with E-state index in [1.54, 1.807) is 6.26 Å². The summed E-state index contributed by atoms with van der Waals surface area (Å²) in [4.78, 5) is 0. The molecule has 0 radical (unpaired) electrons. The molecule has 0 saturated heterocycles. The van der Waals surface area contributed by atoms with Crippen molar-refractivity contribution in [3.63, 3.8) is 0 Å². The average molecular weight is 338 g/mol. The number of benzene rings is 2. The van der Waals surface area contributed by atoms with Gasteiger partial charge < -0.3 is 4.42 Å². The minimum absolute atomic E-state index is 0.676. The maximum absolute atomic E-state index is 5.55. The van der Waals surface area contributed by atoms with Gasteiger partial charge in [0.2, 0.25) is 0 Å². The monoisotopic (exact) mass is 338 g/mol. The Morgan fingerprint density at radius 3 is 2.19 bits per heavy atom. The fraction of sp³-hybridized carbons (Fsp3) is 0. The van der Waals surface area contributed by atoms with Crippen LogP contribution in [0.15, 0.2) is 89.7 Å². The molecule has 0 aliphatic rings. The Bertz CT molecular complexity index is 1160. The fourth-order valence-electron chi connectivity index (χ4n) is 3.02. The molecular weight excluding hydrogens is 324 g/mol. The lowest BCUT2D eigenvalue weighted by atomic mass is 10.1. The number of rotatable bonds is 3. The lowest BCUT2D eigenvalue weighted by Gasteiger charge is -2.03. The van der Waals surface area contributed by atoms with Crippen LogP contribution < -0.4 is 0 Å². The van der Waals surface area contributed by atoms with E-state index >= 15 is 0 Å². The highest BCUT2D eigenvalue weighted by Gasteiger charge is 2.18. The fourth-order valence-corrected chi connectivity index (χ4v) is 3.02. The third kappa shape index (κ3) is 2.38. The Labute approximate surface area is 149 Å². The molecule has 5 heteroatoms. The van der Waals surface area contributed by atoms with Gasteiger partial charge in [0.05, 0.1) is 17.3 Å².